The van der Waals surface area contributed by atoms with E-state index in [1.807, 2.05) is 0 Å². The molecule has 1 aliphatic rings. The van der Waals surface area contributed by atoms with Gasteiger partial charge in [-0.3, -0.25) is 4.79 Å². The van der Waals surface area contributed by atoms with Crippen molar-refractivity contribution in [3.8, 4) is 5.75 Å². The van der Waals surface area contributed by atoms with Crippen LogP contribution in [0.15, 0.2) is 30.9 Å². The highest BCUT2D eigenvalue weighted by Gasteiger charge is 2.29. The van der Waals surface area contributed by atoms with E-state index in [2.05, 4.69) is 6.58 Å². The normalized spacial score (nSPS) is 19.0. The molecule has 1 saturated heterocycles. The van der Waals surface area contributed by atoms with Crippen LogP contribution in [0, 0.1) is 5.92 Å². The molecule has 1 aromatic rings. The zero-order valence-electron chi connectivity index (χ0n) is 9.67. The van der Waals surface area contributed by atoms with E-state index in [-0.39, 0.29) is 23.1 Å². The third kappa shape index (κ3) is 2.07. The molecule has 0 saturated carbocycles. The summed E-state index contributed by atoms with van der Waals surface area (Å²) >= 11 is 0. The zero-order valence-corrected chi connectivity index (χ0v) is 9.67. The van der Waals surface area contributed by atoms with Crippen LogP contribution in [0.2, 0.25) is 0 Å². The molecule has 0 aromatic heterocycles. The van der Waals surface area contributed by atoms with E-state index in [0.29, 0.717) is 18.7 Å². The van der Waals surface area contributed by atoms with Crippen LogP contribution in [-0.2, 0) is 4.79 Å². The Morgan fingerprint density at radius 1 is 1.50 bits per heavy atom. The van der Waals surface area contributed by atoms with Gasteiger partial charge < -0.3 is 15.1 Å². The summed E-state index contributed by atoms with van der Waals surface area (Å²) in [6, 6.07) is 4.12. The summed E-state index contributed by atoms with van der Waals surface area (Å²) < 4.78 is 0. The van der Waals surface area contributed by atoms with Crippen LogP contribution >= 0.6 is 0 Å². The molecule has 1 aliphatic heterocycles. The van der Waals surface area contributed by atoms with Crippen molar-refractivity contribution < 1.29 is 19.8 Å². The van der Waals surface area contributed by atoms with Crippen LogP contribution < -0.4 is 4.90 Å². The molecule has 1 fully saturated rings. The second-order valence-corrected chi connectivity index (χ2v) is 4.21. The standard InChI is InChI=1S/C13H13NO4/c1-2-8-5-12(16)14(7-8)9-3-4-11(15)10(6-9)13(17)18/h2-4,6,8,15H,1,5,7H2,(H,17,18). The Kier molecular flexibility index (Phi) is 3.06. The van der Waals surface area contributed by atoms with Crippen molar-refractivity contribution in [1.29, 1.82) is 0 Å². The van der Waals surface area contributed by atoms with Crippen LogP contribution in [0.5, 0.6) is 5.75 Å². The number of phenols is 1. The van der Waals surface area contributed by atoms with Crippen molar-refractivity contribution in [3.63, 3.8) is 0 Å². The zero-order chi connectivity index (χ0) is 13.3. The number of aromatic hydroxyl groups is 1. The Balaban J connectivity index is 2.35. The van der Waals surface area contributed by atoms with E-state index in [1.165, 1.54) is 23.1 Å². The van der Waals surface area contributed by atoms with Gasteiger partial charge in [0.1, 0.15) is 11.3 Å². The molecule has 5 nitrogen and oxygen atoms in total. The van der Waals surface area contributed by atoms with E-state index < -0.39 is 5.97 Å². The van der Waals surface area contributed by atoms with Crippen LogP contribution in [-0.4, -0.2) is 28.6 Å². The fourth-order valence-corrected chi connectivity index (χ4v) is 2.01. The van der Waals surface area contributed by atoms with Crippen molar-refractivity contribution in [2.75, 3.05) is 11.4 Å². The third-order valence-corrected chi connectivity index (χ3v) is 3.01. The predicted octanol–water partition coefficient (Wildman–Crippen LogP) is 1.63. The molecule has 1 aromatic carbocycles. The molecule has 2 rings (SSSR count). The molecule has 5 heteroatoms. The summed E-state index contributed by atoms with van der Waals surface area (Å²) in [4.78, 5) is 24.2. The number of carbonyl (C=O) groups excluding carboxylic acids is 1. The van der Waals surface area contributed by atoms with E-state index in [4.69, 9.17) is 5.11 Å². The van der Waals surface area contributed by atoms with Crippen molar-refractivity contribution in [2.24, 2.45) is 5.92 Å². The lowest BCUT2D eigenvalue weighted by Crippen LogP contribution is -2.24. The second-order valence-electron chi connectivity index (χ2n) is 4.21. The Morgan fingerprint density at radius 2 is 2.22 bits per heavy atom. The molecular formula is C13H13NO4. The Bertz CT molecular complexity index is 524. The lowest BCUT2D eigenvalue weighted by atomic mass is 10.1. The van der Waals surface area contributed by atoms with Gasteiger partial charge in [0.25, 0.3) is 0 Å². The van der Waals surface area contributed by atoms with Gasteiger partial charge in [0.15, 0.2) is 0 Å². The maximum Gasteiger partial charge on any atom is 0.339 e. The van der Waals surface area contributed by atoms with E-state index in [1.54, 1.807) is 6.08 Å². The summed E-state index contributed by atoms with van der Waals surface area (Å²) in [6.07, 6.45) is 2.10. The number of hydrogen-bond donors (Lipinski definition) is 2. The predicted molar refractivity (Wildman–Crippen MR) is 65.7 cm³/mol. The van der Waals surface area contributed by atoms with Gasteiger partial charge in [-0.15, -0.1) is 6.58 Å². The molecule has 1 heterocycles. The highest BCUT2D eigenvalue weighted by molar-refractivity contribution is 5.98. The molecule has 1 unspecified atom stereocenters. The van der Waals surface area contributed by atoms with Crippen LogP contribution in [0.25, 0.3) is 0 Å². The molecule has 0 radical (unpaired) electrons. The molecule has 0 bridgehead atoms. The Hall–Kier alpha value is -2.30. The molecule has 1 atom stereocenters. The minimum absolute atomic E-state index is 0.0677. The first-order valence-electron chi connectivity index (χ1n) is 5.52. The SMILES string of the molecule is C=CC1CC(=O)N(c2ccc(O)c(C(=O)O)c2)C1. The van der Waals surface area contributed by atoms with Gasteiger partial charge >= 0.3 is 5.97 Å². The van der Waals surface area contributed by atoms with Gasteiger partial charge in [-0.1, -0.05) is 6.08 Å². The number of anilines is 1. The van der Waals surface area contributed by atoms with Gasteiger partial charge in [-0.25, -0.2) is 4.79 Å². The average molecular weight is 247 g/mol. The summed E-state index contributed by atoms with van der Waals surface area (Å²) in [5.74, 6) is -1.51. The maximum atomic E-state index is 11.8. The van der Waals surface area contributed by atoms with Crippen molar-refractivity contribution in [3.05, 3.63) is 36.4 Å². The molecule has 0 spiro atoms. The average Bonchev–Trinajstić information content (AvgIpc) is 2.71. The smallest absolute Gasteiger partial charge is 0.339 e. The summed E-state index contributed by atoms with van der Waals surface area (Å²) in [5.41, 5.74) is 0.280. The number of benzene rings is 1. The molecule has 2 N–H and O–H groups in total. The lowest BCUT2D eigenvalue weighted by molar-refractivity contribution is -0.117. The number of carbonyl (C=O) groups is 2. The van der Waals surface area contributed by atoms with Gasteiger partial charge in [-0.2, -0.15) is 0 Å². The fourth-order valence-electron chi connectivity index (χ4n) is 2.01. The molecule has 94 valence electrons. The summed E-state index contributed by atoms with van der Waals surface area (Å²) in [7, 11) is 0. The first-order chi connectivity index (χ1) is 8.52. The van der Waals surface area contributed by atoms with Gasteiger partial charge in [-0.05, 0) is 18.2 Å². The number of nitrogens with zero attached hydrogens (tertiary/aromatic N) is 1. The highest BCUT2D eigenvalue weighted by atomic mass is 16.4. The van der Waals surface area contributed by atoms with Gasteiger partial charge in [0.05, 0.1) is 0 Å². The van der Waals surface area contributed by atoms with Crippen LogP contribution in [0.4, 0.5) is 5.69 Å². The lowest BCUT2D eigenvalue weighted by Gasteiger charge is -2.17. The largest absolute Gasteiger partial charge is 0.507 e. The van der Waals surface area contributed by atoms with E-state index in [0.717, 1.165) is 0 Å². The quantitative estimate of drug-likeness (QED) is 0.796. The first kappa shape index (κ1) is 12.2. The third-order valence-electron chi connectivity index (χ3n) is 3.01. The number of carboxylic acids is 1. The van der Waals surface area contributed by atoms with Gasteiger partial charge in [0, 0.05) is 24.6 Å². The topological polar surface area (TPSA) is 77.8 Å². The Labute approximate surface area is 104 Å². The highest BCUT2D eigenvalue weighted by Crippen LogP contribution is 2.29. The summed E-state index contributed by atoms with van der Waals surface area (Å²) in [6.45, 7) is 4.14. The molecule has 1 amide bonds. The number of rotatable bonds is 3. The van der Waals surface area contributed by atoms with E-state index in [9.17, 15) is 14.7 Å². The van der Waals surface area contributed by atoms with Crippen molar-refractivity contribution in [1.82, 2.24) is 0 Å². The number of hydrogen-bond acceptors (Lipinski definition) is 3. The van der Waals surface area contributed by atoms with Crippen molar-refractivity contribution in [2.45, 2.75) is 6.42 Å². The second kappa shape index (κ2) is 4.52. The van der Waals surface area contributed by atoms with Crippen molar-refractivity contribution >= 4 is 17.6 Å². The number of carboxylic acid groups (broad SMARTS) is 1. The summed E-state index contributed by atoms with van der Waals surface area (Å²) in [5, 5.41) is 18.3. The van der Waals surface area contributed by atoms with E-state index >= 15 is 0 Å². The monoisotopic (exact) mass is 247 g/mol. The fraction of sp³-hybridized carbons (Fsp3) is 0.231. The number of amides is 1. The van der Waals surface area contributed by atoms with Gasteiger partial charge in [0.2, 0.25) is 5.91 Å². The van der Waals surface area contributed by atoms with Crippen LogP contribution in [0.1, 0.15) is 16.8 Å². The Morgan fingerprint density at radius 3 is 2.78 bits per heavy atom. The minimum Gasteiger partial charge on any atom is -0.507 e. The molecule has 18 heavy (non-hydrogen) atoms. The van der Waals surface area contributed by atoms with Crippen LogP contribution in [0.3, 0.4) is 0 Å². The number of aromatic carboxylic acids is 1. The maximum absolute atomic E-state index is 11.8. The minimum atomic E-state index is -1.22. The molecule has 0 aliphatic carbocycles. The molecular weight excluding hydrogens is 234 g/mol. The first-order valence-corrected chi connectivity index (χ1v) is 5.52.